The molecule has 1 amide bonds. The number of alkyl halides is 1. The molecule has 10 nitrogen and oxygen atoms in total. The maximum absolute atomic E-state index is 12.5. The van der Waals surface area contributed by atoms with E-state index in [1.807, 2.05) is 12.1 Å². The van der Waals surface area contributed by atoms with Crippen LogP contribution in [0.5, 0.6) is 6.01 Å². The minimum absolute atomic E-state index is 0.0481. The van der Waals surface area contributed by atoms with Gasteiger partial charge in [0.05, 0.1) is 29.9 Å². The second kappa shape index (κ2) is 15.3. The molecular weight excluding hydrogens is 597 g/mol. The molecule has 6 rings (SSSR count). The van der Waals surface area contributed by atoms with E-state index < -0.39 is 6.67 Å². The monoisotopic (exact) mass is 635 g/mol. The van der Waals surface area contributed by atoms with Crippen LogP contribution in [0, 0.1) is 11.3 Å². The van der Waals surface area contributed by atoms with E-state index in [0.29, 0.717) is 51.9 Å². The summed E-state index contributed by atoms with van der Waals surface area (Å²) in [5, 5.41) is 10.2. The molecule has 45 heavy (non-hydrogen) atoms. The smallest absolute Gasteiger partial charge is 0.318 e. The Morgan fingerprint density at radius 2 is 1.89 bits per heavy atom. The van der Waals surface area contributed by atoms with E-state index in [0.717, 1.165) is 64.6 Å². The predicted octanol–water partition coefficient (Wildman–Crippen LogP) is 4.26. The number of nitriles is 1. The molecule has 0 bridgehead atoms. The van der Waals surface area contributed by atoms with Gasteiger partial charge in [-0.1, -0.05) is 35.9 Å². The minimum Gasteiger partial charge on any atom is -0.461 e. The first-order chi connectivity index (χ1) is 21.9. The number of hydrogen-bond donors (Lipinski definition) is 0. The largest absolute Gasteiger partial charge is 0.461 e. The van der Waals surface area contributed by atoms with Crippen molar-refractivity contribution >= 4 is 39.8 Å². The molecule has 1 atom stereocenters. The van der Waals surface area contributed by atoms with Crippen molar-refractivity contribution in [3.8, 4) is 12.1 Å². The first kappa shape index (κ1) is 32.4. The van der Waals surface area contributed by atoms with Gasteiger partial charge in [0.15, 0.2) is 0 Å². The van der Waals surface area contributed by atoms with Gasteiger partial charge in [0, 0.05) is 75.5 Å². The molecule has 0 aliphatic carbocycles. The molecule has 3 aromatic rings. The fourth-order valence-corrected chi connectivity index (χ4v) is 6.26. The van der Waals surface area contributed by atoms with Crippen molar-refractivity contribution in [1.29, 1.82) is 5.26 Å². The number of nitrogens with zero attached hydrogens (tertiary/aromatic N) is 7. The Morgan fingerprint density at radius 1 is 1.13 bits per heavy atom. The molecule has 4 heterocycles. The van der Waals surface area contributed by atoms with Gasteiger partial charge < -0.3 is 29.1 Å². The van der Waals surface area contributed by atoms with Gasteiger partial charge in [-0.2, -0.15) is 15.2 Å². The highest BCUT2D eigenvalue weighted by molar-refractivity contribution is 6.36. The summed E-state index contributed by atoms with van der Waals surface area (Å²) in [6.45, 7) is 7.23. The zero-order valence-electron chi connectivity index (χ0n) is 25.8. The van der Waals surface area contributed by atoms with Crippen molar-refractivity contribution in [2.24, 2.45) is 0 Å². The summed E-state index contributed by atoms with van der Waals surface area (Å²) in [6, 6.07) is 14.3. The Bertz CT molecular complexity index is 1550. The third-order valence-electron chi connectivity index (χ3n) is 8.18. The molecule has 2 fully saturated rings. The summed E-state index contributed by atoms with van der Waals surface area (Å²) >= 11 is 6.68. The van der Waals surface area contributed by atoms with Crippen LogP contribution in [0.25, 0.3) is 10.8 Å². The highest BCUT2D eigenvalue weighted by Gasteiger charge is 2.29. The van der Waals surface area contributed by atoms with Gasteiger partial charge in [0.1, 0.15) is 25.2 Å². The average molecular weight is 636 g/mol. The quantitative estimate of drug-likeness (QED) is 0.353. The summed E-state index contributed by atoms with van der Waals surface area (Å²) in [7, 11) is 2.08. The van der Waals surface area contributed by atoms with Crippen molar-refractivity contribution in [3.05, 3.63) is 64.8 Å². The lowest BCUT2D eigenvalue weighted by Gasteiger charge is -2.38. The number of halogens is 2. The summed E-state index contributed by atoms with van der Waals surface area (Å²) < 4.78 is 24.6. The number of aromatic nitrogens is 2. The molecule has 1 aromatic heterocycles. The lowest BCUT2D eigenvalue weighted by molar-refractivity contribution is -0.126. The number of anilines is 2. The number of benzene rings is 2. The molecule has 0 N–H and O–H groups in total. The van der Waals surface area contributed by atoms with Gasteiger partial charge in [0.25, 0.3) is 0 Å². The number of carbonyl (C=O) groups excluding carboxylic acids is 1. The third-order valence-corrected chi connectivity index (χ3v) is 8.49. The molecule has 0 radical (unpaired) electrons. The number of carbonyl (C=O) groups is 1. The van der Waals surface area contributed by atoms with Crippen LogP contribution in [0.1, 0.15) is 18.2 Å². The van der Waals surface area contributed by atoms with Crippen LogP contribution in [-0.2, 0) is 22.5 Å². The fraction of sp³-hybridized carbons (Fsp3) is 0.455. The Labute approximate surface area is 268 Å². The summed E-state index contributed by atoms with van der Waals surface area (Å²) in [6.07, 6.45) is 3.28. The van der Waals surface area contributed by atoms with Gasteiger partial charge in [-0.05, 0) is 37.1 Å². The number of likely N-dealkylation sites (N-methyl/N-ethyl adjacent to an activating group) is 1. The zero-order valence-corrected chi connectivity index (χ0v) is 26.5. The number of ether oxygens (including phenoxy) is 2. The first-order valence-electron chi connectivity index (χ1n) is 15.2. The van der Waals surface area contributed by atoms with E-state index in [1.165, 1.54) is 19.1 Å². The Balaban J connectivity index is 0.00000128. The van der Waals surface area contributed by atoms with E-state index in [2.05, 4.69) is 46.0 Å². The van der Waals surface area contributed by atoms with Crippen LogP contribution < -0.4 is 14.5 Å². The molecule has 2 aromatic carbocycles. The highest BCUT2D eigenvalue weighted by atomic mass is 35.5. The topological polar surface area (TPSA) is 98.1 Å². The molecule has 3 aliphatic rings. The van der Waals surface area contributed by atoms with Crippen molar-refractivity contribution in [1.82, 2.24) is 19.8 Å². The lowest BCUT2D eigenvalue weighted by atomic mass is 10.0. The molecule has 3 aliphatic heterocycles. The molecule has 0 spiro atoms. The molecule has 2 saturated heterocycles. The van der Waals surface area contributed by atoms with E-state index in [4.69, 9.17) is 36.3 Å². The van der Waals surface area contributed by atoms with Gasteiger partial charge >= 0.3 is 6.01 Å². The normalized spacial score (nSPS) is 18.7. The van der Waals surface area contributed by atoms with Crippen molar-refractivity contribution in [3.63, 3.8) is 0 Å². The van der Waals surface area contributed by atoms with E-state index in [9.17, 15) is 9.18 Å². The lowest BCUT2D eigenvalue weighted by Crippen LogP contribution is -2.49. The van der Waals surface area contributed by atoms with Crippen molar-refractivity contribution < 1.29 is 18.7 Å². The van der Waals surface area contributed by atoms with Crippen LogP contribution in [0.3, 0.4) is 0 Å². The molecule has 0 saturated carbocycles. The standard InChI is InChI=1S/C31H36ClFN6O3.C2H3N/c1-36-17-18-41-23(19-36)21-42-31-34-26-20-39(27-8-3-6-22-5-2-7-25(32)29(22)27)12-10-24(26)30(35-31)38-15-13-37(14-16-38)28(40)9-4-11-33;1-2-3/h2-9,23H,10-21H2,1H3;1H3/b9-4+;. The van der Waals surface area contributed by atoms with Crippen LogP contribution in [0.4, 0.5) is 15.9 Å². The van der Waals surface area contributed by atoms with Crippen molar-refractivity contribution in [2.75, 3.05) is 82.5 Å². The predicted molar refractivity (Wildman–Crippen MR) is 174 cm³/mol. The summed E-state index contributed by atoms with van der Waals surface area (Å²) in [4.78, 5) is 30.8. The van der Waals surface area contributed by atoms with Gasteiger partial charge in [-0.15, -0.1) is 0 Å². The van der Waals surface area contributed by atoms with E-state index in [-0.39, 0.29) is 12.0 Å². The minimum atomic E-state index is -0.647. The summed E-state index contributed by atoms with van der Waals surface area (Å²) in [5.41, 5.74) is 3.12. The number of piperazine rings is 1. The third kappa shape index (κ3) is 7.82. The number of fused-ring (bicyclic) bond motifs is 2. The molecule has 12 heteroatoms. The molecular formula is C33H39ClFN7O3. The number of rotatable bonds is 7. The van der Waals surface area contributed by atoms with Gasteiger partial charge in [0.2, 0.25) is 5.91 Å². The van der Waals surface area contributed by atoms with Crippen molar-refractivity contribution in [2.45, 2.75) is 26.0 Å². The fourth-order valence-electron chi connectivity index (χ4n) is 5.98. The zero-order chi connectivity index (χ0) is 31.8. The van der Waals surface area contributed by atoms with Gasteiger partial charge in [-0.3, -0.25) is 4.79 Å². The van der Waals surface area contributed by atoms with E-state index in [1.54, 1.807) is 11.0 Å². The molecule has 238 valence electrons. The summed E-state index contributed by atoms with van der Waals surface area (Å²) in [5.74, 6) is 0.696. The molecule has 1 unspecified atom stereocenters. The number of hydrogen-bond acceptors (Lipinski definition) is 9. The number of allylic oxidation sites excluding steroid dienone is 1. The average Bonchev–Trinajstić information content (AvgIpc) is 3.06. The van der Waals surface area contributed by atoms with Gasteiger partial charge in [-0.25, -0.2) is 4.39 Å². The second-order valence-corrected chi connectivity index (χ2v) is 11.6. The van der Waals surface area contributed by atoms with Crippen LogP contribution in [0.15, 0.2) is 48.6 Å². The van der Waals surface area contributed by atoms with E-state index >= 15 is 0 Å². The first-order valence-corrected chi connectivity index (χ1v) is 15.6. The van der Waals surface area contributed by atoms with Crippen LogP contribution in [-0.4, -0.2) is 105 Å². The maximum atomic E-state index is 12.5. The van der Waals surface area contributed by atoms with Crippen LogP contribution >= 0.6 is 11.6 Å². The number of amides is 1. The Hall–Kier alpha value is -3.98. The Kier molecular flexibility index (Phi) is 11.1. The highest BCUT2D eigenvalue weighted by Crippen LogP contribution is 2.37. The maximum Gasteiger partial charge on any atom is 0.318 e. The number of morpholine rings is 1. The van der Waals surface area contributed by atoms with Crippen LogP contribution in [0.2, 0.25) is 5.02 Å². The SMILES string of the molecule is CC#N.CN1CCOC(COc2nc3c(c(N4CCN(C(=O)/C=C/CF)CC4)n2)CCN(c2cccc4cccc(Cl)c24)C3)C1. The second-order valence-electron chi connectivity index (χ2n) is 11.2. The Morgan fingerprint density at radius 3 is 2.62 bits per heavy atom.